The van der Waals surface area contributed by atoms with E-state index in [4.69, 9.17) is 0 Å². The number of carbonyl (C=O) groups is 1. The fourth-order valence-electron chi connectivity index (χ4n) is 1.46. The fraction of sp³-hybridized carbons (Fsp3) is 0.600. The second-order valence-corrected chi connectivity index (χ2v) is 4.76. The number of aromatic amines is 1. The highest BCUT2D eigenvalue weighted by Gasteiger charge is 2.31. The first-order valence-corrected chi connectivity index (χ1v) is 6.03. The number of H-pyrrole nitrogens is 1. The number of rotatable bonds is 2. The van der Waals surface area contributed by atoms with Crippen LogP contribution in [0.4, 0.5) is 4.39 Å². The summed E-state index contributed by atoms with van der Waals surface area (Å²) in [6, 6.07) is 0. The zero-order valence-corrected chi connectivity index (χ0v) is 9.53. The highest BCUT2D eigenvalue weighted by atomic mass is 32.2. The number of hydrogen-bond donors (Lipinski definition) is 1. The lowest BCUT2D eigenvalue weighted by atomic mass is 10.1. The average molecular weight is 228 g/mol. The second kappa shape index (κ2) is 3.96. The van der Waals surface area contributed by atoms with Crippen LogP contribution in [0.3, 0.4) is 0 Å². The second-order valence-electron chi connectivity index (χ2n) is 3.75. The lowest BCUT2D eigenvalue weighted by molar-refractivity contribution is 0.0885. The standard InChI is InChI=1S/C10H13FN2OS/c1-3-5(2)9-12-7-8(14)6(11)4-15-10(7)13-9/h5-6H,3-4H2,1-2H3,(H,12,13). The van der Waals surface area contributed by atoms with E-state index in [0.29, 0.717) is 10.7 Å². The molecule has 15 heavy (non-hydrogen) atoms. The molecule has 1 N–H and O–H groups in total. The lowest BCUT2D eigenvalue weighted by Gasteiger charge is -2.11. The molecular formula is C10H13FN2OS. The van der Waals surface area contributed by atoms with Gasteiger partial charge in [-0.25, -0.2) is 9.37 Å². The molecular weight excluding hydrogens is 215 g/mol. The number of fused-ring (bicyclic) bond motifs is 1. The van der Waals surface area contributed by atoms with Crippen molar-refractivity contribution in [3.05, 3.63) is 11.5 Å². The Morgan fingerprint density at radius 1 is 1.73 bits per heavy atom. The van der Waals surface area contributed by atoms with Crippen LogP contribution in [0.2, 0.25) is 0 Å². The maximum Gasteiger partial charge on any atom is 0.216 e. The molecule has 5 heteroatoms. The molecule has 0 spiro atoms. The maximum atomic E-state index is 13.1. The molecule has 0 aromatic carbocycles. The van der Waals surface area contributed by atoms with E-state index in [2.05, 4.69) is 16.9 Å². The van der Waals surface area contributed by atoms with Crippen LogP contribution in [0.1, 0.15) is 42.5 Å². The van der Waals surface area contributed by atoms with Crippen molar-refractivity contribution in [2.24, 2.45) is 0 Å². The third-order valence-electron chi connectivity index (χ3n) is 2.67. The fourth-order valence-corrected chi connectivity index (χ4v) is 2.37. The predicted molar refractivity (Wildman–Crippen MR) is 57.2 cm³/mol. The molecule has 2 rings (SSSR count). The molecule has 1 aromatic rings. The minimum Gasteiger partial charge on any atom is -0.338 e. The Morgan fingerprint density at radius 2 is 2.47 bits per heavy atom. The Hall–Kier alpha value is -0.840. The van der Waals surface area contributed by atoms with E-state index >= 15 is 0 Å². The Labute approximate surface area is 91.9 Å². The highest BCUT2D eigenvalue weighted by Crippen LogP contribution is 2.31. The average Bonchev–Trinajstić information content (AvgIpc) is 2.67. The van der Waals surface area contributed by atoms with E-state index in [9.17, 15) is 9.18 Å². The first kappa shape index (κ1) is 10.7. The zero-order valence-electron chi connectivity index (χ0n) is 8.71. The third kappa shape index (κ3) is 1.80. The van der Waals surface area contributed by atoms with Crippen LogP contribution in [0.5, 0.6) is 0 Å². The smallest absolute Gasteiger partial charge is 0.216 e. The molecule has 82 valence electrons. The summed E-state index contributed by atoms with van der Waals surface area (Å²) in [5, 5.41) is 0.657. The summed E-state index contributed by atoms with van der Waals surface area (Å²) in [5.74, 6) is 0.807. The number of nitrogens with zero attached hydrogens (tertiary/aromatic N) is 1. The number of ketones is 1. The van der Waals surface area contributed by atoms with Gasteiger partial charge >= 0.3 is 0 Å². The number of imidazole rings is 1. The quantitative estimate of drug-likeness (QED) is 0.846. The van der Waals surface area contributed by atoms with Gasteiger partial charge in [0.15, 0.2) is 6.17 Å². The summed E-state index contributed by atoms with van der Waals surface area (Å²) in [7, 11) is 0. The van der Waals surface area contributed by atoms with Crippen LogP contribution in [0.15, 0.2) is 5.03 Å². The first-order chi connectivity index (χ1) is 7.13. The number of halogens is 1. The van der Waals surface area contributed by atoms with E-state index in [1.807, 2.05) is 6.92 Å². The highest BCUT2D eigenvalue weighted by molar-refractivity contribution is 7.99. The molecule has 2 heterocycles. The van der Waals surface area contributed by atoms with E-state index < -0.39 is 12.0 Å². The Morgan fingerprint density at radius 3 is 3.13 bits per heavy atom. The minimum absolute atomic E-state index is 0.191. The van der Waals surface area contributed by atoms with Crippen molar-refractivity contribution < 1.29 is 9.18 Å². The van der Waals surface area contributed by atoms with Gasteiger partial charge in [0, 0.05) is 11.7 Å². The lowest BCUT2D eigenvalue weighted by Crippen LogP contribution is -2.23. The number of nitrogens with one attached hydrogen (secondary N) is 1. The normalized spacial score (nSPS) is 22.6. The molecule has 0 aliphatic carbocycles. The van der Waals surface area contributed by atoms with Crippen molar-refractivity contribution >= 4 is 17.5 Å². The van der Waals surface area contributed by atoms with Gasteiger partial charge in [0.2, 0.25) is 5.78 Å². The molecule has 1 aromatic heterocycles. The maximum absolute atomic E-state index is 13.1. The Kier molecular flexibility index (Phi) is 2.82. The topological polar surface area (TPSA) is 45.8 Å². The molecule has 2 unspecified atom stereocenters. The van der Waals surface area contributed by atoms with Crippen molar-refractivity contribution in [2.75, 3.05) is 5.75 Å². The van der Waals surface area contributed by atoms with Crippen LogP contribution in [0, 0.1) is 0 Å². The summed E-state index contributed by atoms with van der Waals surface area (Å²) >= 11 is 1.31. The predicted octanol–water partition coefficient (Wildman–Crippen LogP) is 2.55. The molecule has 3 nitrogen and oxygen atoms in total. The molecule has 0 saturated heterocycles. The van der Waals surface area contributed by atoms with Gasteiger partial charge in [0.1, 0.15) is 16.5 Å². The SMILES string of the molecule is CCC(C)c1nc2c([nH]1)C(=O)C(F)CS2. The monoisotopic (exact) mass is 228 g/mol. The summed E-state index contributed by atoms with van der Waals surface area (Å²) in [5.41, 5.74) is 0.356. The summed E-state index contributed by atoms with van der Waals surface area (Å²) < 4.78 is 13.1. The summed E-state index contributed by atoms with van der Waals surface area (Å²) in [6.45, 7) is 4.09. The van der Waals surface area contributed by atoms with Gasteiger partial charge in [0.25, 0.3) is 0 Å². The number of Topliss-reactive ketones (excluding diaryl/α,β-unsaturated/α-hetero) is 1. The third-order valence-corrected chi connectivity index (χ3v) is 3.69. The Balaban J connectivity index is 2.35. The number of alkyl halides is 1. The molecule has 1 aliphatic heterocycles. The number of hydrogen-bond acceptors (Lipinski definition) is 3. The number of thioether (sulfide) groups is 1. The van der Waals surface area contributed by atoms with E-state index in [1.54, 1.807) is 0 Å². The van der Waals surface area contributed by atoms with Gasteiger partial charge in [-0.15, -0.1) is 11.8 Å². The van der Waals surface area contributed by atoms with Crippen LogP contribution < -0.4 is 0 Å². The van der Waals surface area contributed by atoms with Gasteiger partial charge < -0.3 is 4.98 Å². The Bertz CT molecular complexity index is 391. The molecule has 1 aliphatic rings. The number of aromatic nitrogens is 2. The molecule has 0 saturated carbocycles. The zero-order chi connectivity index (χ0) is 11.0. The molecule has 0 amide bonds. The summed E-state index contributed by atoms with van der Waals surface area (Å²) in [4.78, 5) is 18.8. The molecule has 0 radical (unpaired) electrons. The first-order valence-electron chi connectivity index (χ1n) is 5.04. The van der Waals surface area contributed by atoms with Crippen molar-refractivity contribution in [3.63, 3.8) is 0 Å². The van der Waals surface area contributed by atoms with Crippen molar-refractivity contribution in [1.82, 2.24) is 9.97 Å². The van der Waals surface area contributed by atoms with E-state index in [1.165, 1.54) is 11.8 Å². The van der Waals surface area contributed by atoms with E-state index in [-0.39, 0.29) is 11.7 Å². The minimum atomic E-state index is -1.38. The largest absolute Gasteiger partial charge is 0.338 e. The van der Waals surface area contributed by atoms with Gasteiger partial charge in [-0.05, 0) is 6.42 Å². The molecule has 2 atom stereocenters. The van der Waals surface area contributed by atoms with Gasteiger partial charge in [-0.3, -0.25) is 4.79 Å². The van der Waals surface area contributed by atoms with Crippen LogP contribution in [-0.4, -0.2) is 27.7 Å². The van der Waals surface area contributed by atoms with Crippen LogP contribution in [-0.2, 0) is 0 Å². The van der Waals surface area contributed by atoms with E-state index in [0.717, 1.165) is 12.2 Å². The van der Waals surface area contributed by atoms with Crippen LogP contribution >= 0.6 is 11.8 Å². The van der Waals surface area contributed by atoms with Gasteiger partial charge in [-0.2, -0.15) is 0 Å². The van der Waals surface area contributed by atoms with Crippen LogP contribution in [0.25, 0.3) is 0 Å². The van der Waals surface area contributed by atoms with Gasteiger partial charge in [0.05, 0.1) is 0 Å². The van der Waals surface area contributed by atoms with Crippen molar-refractivity contribution in [3.8, 4) is 0 Å². The molecule has 0 bridgehead atoms. The van der Waals surface area contributed by atoms with Crippen molar-refractivity contribution in [2.45, 2.75) is 37.4 Å². The summed E-state index contributed by atoms with van der Waals surface area (Å²) in [6.07, 6.45) is -0.433. The van der Waals surface area contributed by atoms with Crippen molar-refractivity contribution in [1.29, 1.82) is 0 Å². The van der Waals surface area contributed by atoms with Gasteiger partial charge in [-0.1, -0.05) is 13.8 Å². The number of carbonyl (C=O) groups excluding carboxylic acids is 1. The molecule has 0 fully saturated rings.